The van der Waals surface area contributed by atoms with Crippen LogP contribution >= 0.6 is 0 Å². The Labute approximate surface area is 208 Å². The number of nitrogen functional groups attached to an aromatic ring is 1. The minimum atomic E-state index is -3.85. The lowest BCUT2D eigenvalue weighted by Gasteiger charge is -2.32. The molecule has 0 radical (unpaired) electrons. The molecule has 2 aromatic heterocycles. The number of likely N-dealkylation sites (tertiary alicyclic amines) is 1. The second kappa shape index (κ2) is 8.74. The van der Waals surface area contributed by atoms with Crippen molar-refractivity contribution >= 4 is 22.8 Å². The largest absolute Gasteiger partial charge is 0.457 e. The van der Waals surface area contributed by atoms with Gasteiger partial charge in [0.1, 0.15) is 29.3 Å². The Morgan fingerprint density at radius 3 is 2.82 bits per heavy atom. The molecule has 4 aromatic rings. The molecule has 8 nitrogen and oxygen atoms in total. The monoisotopic (exact) mass is 452 g/mol. The second-order valence-corrected chi connectivity index (χ2v) is 6.75. The van der Waals surface area contributed by atoms with Crippen LogP contribution in [-0.4, -0.2) is 43.5 Å². The normalized spacial score (nSPS) is 29.5. The van der Waals surface area contributed by atoms with Crippen molar-refractivity contribution in [2.45, 2.75) is 18.8 Å². The van der Waals surface area contributed by atoms with E-state index in [9.17, 15) is 6.17 Å². The van der Waals surface area contributed by atoms with Crippen LogP contribution < -0.4 is 10.5 Å². The summed E-state index contributed by atoms with van der Waals surface area (Å²) in [4.78, 5) is 20.7. The number of nitrogens with zero attached hydrogens (tertiary/aromatic N) is 5. The van der Waals surface area contributed by atoms with Crippen molar-refractivity contribution in [3.63, 3.8) is 0 Å². The van der Waals surface area contributed by atoms with E-state index in [1.807, 2.05) is 6.07 Å². The Morgan fingerprint density at radius 1 is 1.24 bits per heavy atom. The number of fused-ring (bicyclic) bond motifs is 1. The lowest BCUT2D eigenvalue weighted by Crippen LogP contribution is -2.40. The molecule has 1 amide bonds. The van der Waals surface area contributed by atoms with Crippen LogP contribution in [0.4, 0.5) is 5.82 Å². The van der Waals surface area contributed by atoms with E-state index in [1.54, 1.807) is 36.4 Å². The van der Waals surface area contributed by atoms with E-state index in [0.717, 1.165) is 6.33 Å². The molecule has 2 aromatic carbocycles. The molecule has 0 saturated carbocycles. The first-order valence-electron chi connectivity index (χ1n) is 15.6. The number of hydrogen-bond donors (Lipinski definition) is 1. The van der Waals surface area contributed by atoms with Gasteiger partial charge in [0.05, 0.1) is 19.6 Å². The summed E-state index contributed by atoms with van der Waals surface area (Å²) in [5.74, 6) is -1.21. The quantitative estimate of drug-likeness (QED) is 0.455. The number of anilines is 1. The van der Waals surface area contributed by atoms with Crippen LogP contribution in [0.3, 0.4) is 0 Å². The SMILES string of the molecule is [2H]C([2H])=C([2H])C(=O)N1C([2H])([2H])C([2H])([2H])C([2H])([2H])[C@@]([2H])(n2nc(-c3ccc(Oc4ccccc4)cc3)c3c(N)ncnc32)C1([2H])[2H]. The van der Waals surface area contributed by atoms with Gasteiger partial charge in [0.2, 0.25) is 5.91 Å². The van der Waals surface area contributed by atoms with Crippen molar-refractivity contribution < 1.29 is 26.0 Å². The van der Waals surface area contributed by atoms with Crippen molar-refractivity contribution in [3.8, 4) is 22.8 Å². The van der Waals surface area contributed by atoms with E-state index in [4.69, 9.17) is 25.5 Å². The summed E-state index contributed by atoms with van der Waals surface area (Å²) in [7, 11) is 0. The van der Waals surface area contributed by atoms with Crippen LogP contribution in [-0.2, 0) is 4.79 Å². The van der Waals surface area contributed by atoms with Crippen LogP contribution in [0, 0.1) is 0 Å². The summed E-state index contributed by atoms with van der Waals surface area (Å²) in [6.45, 7) is -9.12. The highest BCUT2D eigenvalue weighted by Crippen LogP contribution is 2.34. The minimum absolute atomic E-state index is 0.0831. The number of carbonyl (C=O) groups excluding carboxylic acids is 1. The molecule has 0 aliphatic carbocycles. The summed E-state index contributed by atoms with van der Waals surface area (Å²) >= 11 is 0. The number of ether oxygens (including phenoxy) is 1. The molecule has 166 valence electrons. The van der Waals surface area contributed by atoms with Crippen LogP contribution in [0.2, 0.25) is 0 Å². The van der Waals surface area contributed by atoms with Crippen molar-refractivity contribution in [2.24, 2.45) is 0 Å². The molecule has 8 heteroatoms. The van der Waals surface area contributed by atoms with Gasteiger partial charge < -0.3 is 15.4 Å². The maximum atomic E-state index is 13.2. The first kappa shape index (κ1) is 11.1. The molecule has 1 fully saturated rings. The lowest BCUT2D eigenvalue weighted by molar-refractivity contribution is -0.127. The molecule has 1 saturated heterocycles. The Kier molecular flexibility index (Phi) is 2.94. The highest BCUT2D eigenvalue weighted by atomic mass is 16.5. The number of carbonyl (C=O) groups is 1. The molecule has 1 aliphatic rings. The number of aromatic nitrogens is 4. The third kappa shape index (κ3) is 4.03. The van der Waals surface area contributed by atoms with E-state index in [-0.39, 0.29) is 22.5 Å². The Balaban J connectivity index is 1.75. The van der Waals surface area contributed by atoms with E-state index in [2.05, 4.69) is 15.1 Å². The fourth-order valence-electron chi connectivity index (χ4n) is 3.20. The number of amides is 1. The summed E-state index contributed by atoms with van der Waals surface area (Å²) in [6, 6.07) is 9.89. The zero-order valence-corrected chi connectivity index (χ0v) is 16.9. The number of rotatable bonds is 5. The van der Waals surface area contributed by atoms with Gasteiger partial charge in [-0.2, -0.15) is 5.10 Å². The van der Waals surface area contributed by atoms with Crippen LogP contribution in [0.25, 0.3) is 22.3 Å². The van der Waals surface area contributed by atoms with Gasteiger partial charge in [-0.1, -0.05) is 24.7 Å². The van der Waals surface area contributed by atoms with E-state index >= 15 is 0 Å². The summed E-state index contributed by atoms with van der Waals surface area (Å²) in [5, 5.41) is 4.19. The third-order valence-electron chi connectivity index (χ3n) is 4.69. The maximum Gasteiger partial charge on any atom is 0.246 e. The van der Waals surface area contributed by atoms with Gasteiger partial charge in [-0.05, 0) is 55.2 Å². The molecular formula is C25H24N6O2. The van der Waals surface area contributed by atoms with Gasteiger partial charge in [0.15, 0.2) is 5.65 Å². The first-order chi connectivity index (χ1) is 20.8. The number of hydrogen-bond acceptors (Lipinski definition) is 6. The minimum Gasteiger partial charge on any atom is -0.457 e. The molecule has 3 heterocycles. The Bertz CT molecular complexity index is 1830. The molecular weight excluding hydrogens is 416 g/mol. The first-order valence-corrected chi connectivity index (χ1v) is 9.64. The zero-order valence-electron chi connectivity index (χ0n) is 28.9. The Hall–Kier alpha value is -4.20. The maximum absolute atomic E-state index is 13.2. The highest BCUT2D eigenvalue weighted by Gasteiger charge is 2.28. The number of piperidine rings is 1. The van der Waals surface area contributed by atoms with Gasteiger partial charge >= 0.3 is 0 Å². The van der Waals surface area contributed by atoms with Crippen molar-refractivity contribution in [1.29, 1.82) is 0 Å². The van der Waals surface area contributed by atoms with Crippen LogP contribution in [0.1, 0.15) is 35.2 Å². The standard InChI is InChI=1S/C25H24N6O2/c1-2-21(32)30-14-6-7-18(15-30)31-25-22(24(26)27-16-28-25)23(29-31)17-10-12-20(13-11-17)33-19-8-4-3-5-9-19/h2-5,8-13,16,18H,1,6-7,14-15H2,(H2,26,27,28)/t18-/m1/s1/i1D2,2D,6D2,7D2,14D2,15D2,18D. The summed E-state index contributed by atoms with van der Waals surface area (Å²) in [6.07, 6.45) is -6.74. The number of nitrogens with two attached hydrogens (primary N) is 1. The van der Waals surface area contributed by atoms with E-state index in [0.29, 0.717) is 16.2 Å². The predicted octanol–water partition coefficient (Wildman–Crippen LogP) is 4.22. The molecule has 1 atom stereocenters. The average molecular weight is 453 g/mol. The molecule has 2 N–H and O–H groups in total. The fourth-order valence-corrected chi connectivity index (χ4v) is 3.20. The molecule has 5 rings (SSSR count). The molecule has 1 aliphatic heterocycles. The molecule has 0 unspecified atom stereocenters. The third-order valence-corrected chi connectivity index (χ3v) is 4.69. The van der Waals surface area contributed by atoms with Gasteiger partial charge in [-0.25, -0.2) is 14.6 Å². The summed E-state index contributed by atoms with van der Waals surface area (Å²) < 4.78 is 107. The van der Waals surface area contributed by atoms with Crippen LogP contribution in [0.15, 0.2) is 73.5 Å². The van der Waals surface area contributed by atoms with Crippen LogP contribution in [0.5, 0.6) is 11.5 Å². The topological polar surface area (TPSA) is 99.2 Å². The molecule has 0 spiro atoms. The van der Waals surface area contributed by atoms with Crippen molar-refractivity contribution in [1.82, 2.24) is 24.6 Å². The predicted molar refractivity (Wildman–Crippen MR) is 127 cm³/mol. The van der Waals surface area contributed by atoms with Gasteiger partial charge in [0, 0.05) is 26.8 Å². The number of benzene rings is 2. The van der Waals surface area contributed by atoms with Crippen molar-refractivity contribution in [2.75, 3.05) is 18.7 Å². The van der Waals surface area contributed by atoms with Gasteiger partial charge in [-0.15, -0.1) is 0 Å². The number of para-hydroxylation sites is 1. The van der Waals surface area contributed by atoms with E-state index in [1.165, 1.54) is 12.1 Å². The van der Waals surface area contributed by atoms with Gasteiger partial charge in [0.25, 0.3) is 0 Å². The highest BCUT2D eigenvalue weighted by molar-refractivity contribution is 5.98. The second-order valence-electron chi connectivity index (χ2n) is 6.75. The zero-order chi connectivity index (χ0) is 33.3. The Morgan fingerprint density at radius 2 is 2.03 bits per heavy atom. The summed E-state index contributed by atoms with van der Waals surface area (Å²) in [5.41, 5.74) is 5.90. The van der Waals surface area contributed by atoms with E-state index < -0.39 is 60.8 Å². The smallest absolute Gasteiger partial charge is 0.246 e. The average Bonchev–Trinajstić information content (AvgIpc) is 3.37. The molecule has 33 heavy (non-hydrogen) atoms. The lowest BCUT2D eigenvalue weighted by atomic mass is 10.1. The fraction of sp³-hybridized carbons (Fsp3) is 0.200. The van der Waals surface area contributed by atoms with Crippen molar-refractivity contribution in [3.05, 3.63) is 73.5 Å². The van der Waals surface area contributed by atoms with Gasteiger partial charge in [-0.3, -0.25) is 4.79 Å². The molecule has 0 bridgehead atoms.